The molecule has 1 aliphatic heterocycles. The number of hydrogen-bond acceptors (Lipinski definition) is 6. The van der Waals surface area contributed by atoms with Crippen LogP contribution in [0, 0.1) is 11.2 Å². The maximum atomic E-state index is 15.1. The van der Waals surface area contributed by atoms with Crippen molar-refractivity contribution in [1.29, 1.82) is 0 Å². The molecular formula is C26H34FNO5S. The Kier molecular flexibility index (Phi) is 8.57. The van der Waals surface area contributed by atoms with Crippen LogP contribution in [0.15, 0.2) is 47.4 Å². The van der Waals surface area contributed by atoms with Crippen LogP contribution >= 0.6 is 0 Å². The van der Waals surface area contributed by atoms with Gasteiger partial charge in [0.2, 0.25) is 0 Å². The van der Waals surface area contributed by atoms with Crippen molar-refractivity contribution in [2.75, 3.05) is 30.9 Å². The van der Waals surface area contributed by atoms with Gasteiger partial charge >= 0.3 is 5.97 Å². The fraction of sp³-hybridized carbons (Fsp3) is 0.500. The summed E-state index contributed by atoms with van der Waals surface area (Å²) in [5.41, 5.74) is 0.633. The van der Waals surface area contributed by atoms with Gasteiger partial charge in [-0.25, -0.2) is 17.6 Å². The average molecular weight is 492 g/mol. The molecule has 0 bridgehead atoms. The Bertz CT molecular complexity index is 1080. The van der Waals surface area contributed by atoms with Crippen LogP contribution < -0.4 is 9.64 Å². The number of nitrogens with zero attached hydrogens (tertiary/aromatic N) is 1. The van der Waals surface area contributed by atoms with Crippen LogP contribution in [-0.4, -0.2) is 40.4 Å². The molecule has 0 spiro atoms. The number of hydrogen-bond donors (Lipinski definition) is 0. The third-order valence-corrected chi connectivity index (χ3v) is 8.38. The van der Waals surface area contributed by atoms with E-state index in [2.05, 4.69) is 18.6 Å². The van der Waals surface area contributed by atoms with Crippen molar-refractivity contribution in [1.82, 2.24) is 0 Å². The highest BCUT2D eigenvalue weighted by Crippen LogP contribution is 2.46. The SMILES string of the molecule is CCCCC1(CCCC)CN(c2ccccc2)c2cc(F)c(OCC(=O)OC)cc2S(=O)(=O)C1. The van der Waals surface area contributed by atoms with E-state index in [9.17, 15) is 13.2 Å². The molecule has 0 atom stereocenters. The first-order chi connectivity index (χ1) is 16.2. The summed E-state index contributed by atoms with van der Waals surface area (Å²) in [6.45, 7) is 4.17. The maximum Gasteiger partial charge on any atom is 0.343 e. The van der Waals surface area contributed by atoms with Crippen LogP contribution in [0.25, 0.3) is 0 Å². The van der Waals surface area contributed by atoms with Gasteiger partial charge in [-0.1, -0.05) is 57.7 Å². The Morgan fingerprint density at radius 2 is 1.74 bits per heavy atom. The molecule has 8 heteroatoms. The molecular weight excluding hydrogens is 457 g/mol. The van der Waals surface area contributed by atoms with Gasteiger partial charge < -0.3 is 14.4 Å². The number of methoxy groups -OCH3 is 1. The molecule has 6 nitrogen and oxygen atoms in total. The molecule has 0 radical (unpaired) electrons. The fourth-order valence-corrected chi connectivity index (χ4v) is 6.72. The molecule has 0 saturated heterocycles. The van der Waals surface area contributed by atoms with Gasteiger partial charge in [-0.2, -0.15) is 0 Å². The summed E-state index contributed by atoms with van der Waals surface area (Å²) in [5.74, 6) is -1.71. The van der Waals surface area contributed by atoms with Gasteiger partial charge in [0, 0.05) is 29.8 Å². The zero-order valence-electron chi connectivity index (χ0n) is 20.2. The van der Waals surface area contributed by atoms with Crippen LogP contribution in [0.4, 0.5) is 15.8 Å². The predicted molar refractivity (Wildman–Crippen MR) is 131 cm³/mol. The van der Waals surface area contributed by atoms with Crippen LogP contribution in [0.2, 0.25) is 0 Å². The molecule has 2 aromatic rings. The smallest absolute Gasteiger partial charge is 0.343 e. The lowest BCUT2D eigenvalue weighted by Gasteiger charge is -2.37. The lowest BCUT2D eigenvalue weighted by atomic mass is 9.79. The van der Waals surface area contributed by atoms with E-state index < -0.39 is 33.6 Å². The van der Waals surface area contributed by atoms with Gasteiger partial charge in [-0.15, -0.1) is 0 Å². The van der Waals surface area contributed by atoms with E-state index >= 15 is 4.39 Å². The zero-order valence-corrected chi connectivity index (χ0v) is 21.0. The van der Waals surface area contributed by atoms with Crippen LogP contribution in [0.5, 0.6) is 5.75 Å². The van der Waals surface area contributed by atoms with E-state index in [-0.39, 0.29) is 16.4 Å². The van der Waals surface area contributed by atoms with Crippen molar-refractivity contribution in [3.8, 4) is 5.75 Å². The number of unbranched alkanes of at least 4 members (excludes halogenated alkanes) is 2. The molecule has 0 fully saturated rings. The normalized spacial score (nSPS) is 16.4. The first-order valence-electron chi connectivity index (χ1n) is 11.8. The number of benzene rings is 2. The minimum atomic E-state index is -3.78. The number of carbonyl (C=O) groups is 1. The number of sulfone groups is 1. The zero-order chi connectivity index (χ0) is 24.8. The quantitative estimate of drug-likeness (QED) is 0.315. The first-order valence-corrected chi connectivity index (χ1v) is 13.5. The molecule has 3 rings (SSSR count). The van der Waals surface area contributed by atoms with E-state index in [0.29, 0.717) is 12.2 Å². The second kappa shape index (κ2) is 11.2. The summed E-state index contributed by atoms with van der Waals surface area (Å²) >= 11 is 0. The van der Waals surface area contributed by atoms with E-state index in [4.69, 9.17) is 4.74 Å². The van der Waals surface area contributed by atoms with E-state index in [0.717, 1.165) is 44.2 Å². The van der Waals surface area contributed by atoms with Gasteiger partial charge in [0.25, 0.3) is 0 Å². The Hall–Kier alpha value is -2.61. The summed E-state index contributed by atoms with van der Waals surface area (Å²) in [5, 5.41) is 0. The maximum absolute atomic E-state index is 15.1. The highest BCUT2D eigenvalue weighted by Gasteiger charge is 2.42. The lowest BCUT2D eigenvalue weighted by Crippen LogP contribution is -2.38. The molecule has 0 unspecified atom stereocenters. The average Bonchev–Trinajstić information content (AvgIpc) is 2.92. The monoisotopic (exact) mass is 491 g/mol. The number of anilines is 2. The third kappa shape index (κ3) is 5.90. The van der Waals surface area contributed by atoms with Crippen LogP contribution in [0.1, 0.15) is 52.4 Å². The highest BCUT2D eigenvalue weighted by molar-refractivity contribution is 7.91. The molecule has 1 aliphatic rings. The standard InChI is InChI=1S/C26H34FNO5S/c1-4-6-13-26(14-7-5-2)18-28(20-11-9-8-10-12-20)22-15-21(27)23(33-17-25(29)32-3)16-24(22)34(30,31)19-26/h8-12,15-16H,4-7,13-14,17-19H2,1-3H3. The molecule has 0 aliphatic carbocycles. The van der Waals surface area contributed by atoms with E-state index in [1.807, 2.05) is 35.2 Å². The molecule has 0 N–H and O–H groups in total. The molecule has 0 amide bonds. The van der Waals surface area contributed by atoms with Crippen LogP contribution in [0.3, 0.4) is 0 Å². The van der Waals surface area contributed by atoms with E-state index in [1.165, 1.54) is 19.2 Å². The van der Waals surface area contributed by atoms with Crippen molar-refractivity contribution >= 4 is 27.2 Å². The van der Waals surface area contributed by atoms with Crippen molar-refractivity contribution < 1.29 is 27.1 Å². The van der Waals surface area contributed by atoms with E-state index in [1.54, 1.807) is 0 Å². The summed E-state index contributed by atoms with van der Waals surface area (Å²) in [7, 11) is -2.57. The lowest BCUT2D eigenvalue weighted by molar-refractivity contribution is -0.142. The number of rotatable bonds is 10. The van der Waals surface area contributed by atoms with Gasteiger partial charge in [0.15, 0.2) is 28.0 Å². The summed E-state index contributed by atoms with van der Waals surface area (Å²) in [4.78, 5) is 13.4. The van der Waals surface area contributed by atoms with Gasteiger partial charge in [0.1, 0.15) is 0 Å². The molecule has 2 aromatic carbocycles. The molecule has 34 heavy (non-hydrogen) atoms. The second-order valence-corrected chi connectivity index (χ2v) is 11.0. The first kappa shape index (κ1) is 26.0. The number of para-hydroxylation sites is 1. The van der Waals surface area contributed by atoms with Crippen molar-refractivity contribution in [2.24, 2.45) is 5.41 Å². The van der Waals surface area contributed by atoms with Gasteiger partial charge in [-0.3, -0.25) is 0 Å². The molecule has 0 aromatic heterocycles. The van der Waals surface area contributed by atoms with Gasteiger partial charge in [-0.05, 0) is 25.0 Å². The van der Waals surface area contributed by atoms with Gasteiger partial charge in [0.05, 0.1) is 23.4 Å². The Labute approximate surface area is 202 Å². The molecule has 186 valence electrons. The Morgan fingerprint density at radius 1 is 1.09 bits per heavy atom. The largest absolute Gasteiger partial charge is 0.479 e. The number of esters is 1. The van der Waals surface area contributed by atoms with Crippen molar-refractivity contribution in [2.45, 2.75) is 57.3 Å². The third-order valence-electron chi connectivity index (χ3n) is 6.39. The Morgan fingerprint density at radius 3 is 2.32 bits per heavy atom. The fourth-order valence-electron chi connectivity index (χ4n) is 4.61. The minimum Gasteiger partial charge on any atom is -0.479 e. The van der Waals surface area contributed by atoms with Crippen LogP contribution in [-0.2, 0) is 19.4 Å². The molecule has 1 heterocycles. The second-order valence-electron chi connectivity index (χ2n) is 9.00. The highest BCUT2D eigenvalue weighted by atomic mass is 32.2. The summed E-state index contributed by atoms with van der Waals surface area (Å²) in [6, 6.07) is 11.9. The van der Waals surface area contributed by atoms with Crippen molar-refractivity contribution in [3.63, 3.8) is 0 Å². The minimum absolute atomic E-state index is 0.0155. The number of halogens is 1. The number of fused-ring (bicyclic) bond motifs is 1. The summed E-state index contributed by atoms with van der Waals surface area (Å²) < 4.78 is 52.5. The summed E-state index contributed by atoms with van der Waals surface area (Å²) in [6.07, 6.45) is 5.31. The molecule has 0 saturated carbocycles. The van der Waals surface area contributed by atoms with Crippen molar-refractivity contribution in [3.05, 3.63) is 48.3 Å². The predicted octanol–water partition coefficient (Wildman–Crippen LogP) is 5.67. The number of ether oxygens (including phenoxy) is 2. The Balaban J connectivity index is 2.17. The topological polar surface area (TPSA) is 72.9 Å². The number of carbonyl (C=O) groups excluding carboxylic acids is 1.